The van der Waals surface area contributed by atoms with Crippen molar-refractivity contribution < 1.29 is 9.53 Å². The molecule has 1 atom stereocenters. The molecule has 1 saturated heterocycles. The van der Waals surface area contributed by atoms with Crippen LogP contribution in [0.5, 0.6) is 5.75 Å². The van der Waals surface area contributed by atoms with Crippen LogP contribution in [0.3, 0.4) is 0 Å². The number of hydrogen-bond donors (Lipinski definition) is 0. The third-order valence-corrected chi connectivity index (χ3v) is 6.07. The summed E-state index contributed by atoms with van der Waals surface area (Å²) in [5, 5.41) is 1.14. The number of carbonyl (C=O) groups excluding carboxylic acids is 1. The highest BCUT2D eigenvalue weighted by Crippen LogP contribution is 2.23. The zero-order valence-corrected chi connectivity index (χ0v) is 16.9. The highest BCUT2D eigenvalue weighted by molar-refractivity contribution is 7.18. The van der Waals surface area contributed by atoms with Gasteiger partial charge in [-0.3, -0.25) is 9.69 Å². The number of benzene rings is 2. The van der Waals surface area contributed by atoms with E-state index in [-0.39, 0.29) is 5.91 Å². The molecule has 0 aliphatic carbocycles. The Bertz CT molecular complexity index is 887. The minimum atomic E-state index is -0.418. The first-order chi connectivity index (χ1) is 13.7. The van der Waals surface area contributed by atoms with Gasteiger partial charge in [-0.1, -0.05) is 37.3 Å². The van der Waals surface area contributed by atoms with E-state index in [4.69, 9.17) is 9.72 Å². The van der Waals surface area contributed by atoms with E-state index >= 15 is 0 Å². The third kappa shape index (κ3) is 4.34. The molecule has 1 fully saturated rings. The van der Waals surface area contributed by atoms with Crippen molar-refractivity contribution in [3.63, 3.8) is 0 Å². The smallest absolute Gasteiger partial charge is 0.263 e. The van der Waals surface area contributed by atoms with Crippen molar-refractivity contribution in [2.24, 2.45) is 0 Å². The van der Waals surface area contributed by atoms with Crippen LogP contribution in [0, 0.1) is 0 Å². The highest BCUT2D eigenvalue weighted by atomic mass is 32.1. The summed E-state index contributed by atoms with van der Waals surface area (Å²) < 4.78 is 7.15. The van der Waals surface area contributed by atoms with Gasteiger partial charge < -0.3 is 9.64 Å². The molecule has 2 aromatic carbocycles. The van der Waals surface area contributed by atoms with E-state index in [1.807, 2.05) is 48.2 Å². The molecule has 0 bridgehead atoms. The van der Waals surface area contributed by atoms with E-state index in [1.165, 1.54) is 4.70 Å². The van der Waals surface area contributed by atoms with Crippen LogP contribution < -0.4 is 4.74 Å². The standard InChI is InChI=1S/C22H25N3O2S/c1-2-19(27-17-8-4-3-5-9-17)22(26)25-14-12-24(13-15-25)16-21-23-18-10-6-7-11-20(18)28-21/h3-11,19H,2,12-16H2,1H3/t19-/m0/s1. The predicted octanol–water partition coefficient (Wildman–Crippen LogP) is 3.80. The Balaban J connectivity index is 1.32. The van der Waals surface area contributed by atoms with E-state index in [1.54, 1.807) is 11.3 Å². The summed E-state index contributed by atoms with van der Waals surface area (Å²) in [5.74, 6) is 0.836. The number of amides is 1. The number of para-hydroxylation sites is 2. The van der Waals surface area contributed by atoms with E-state index in [9.17, 15) is 4.79 Å². The highest BCUT2D eigenvalue weighted by Gasteiger charge is 2.28. The molecule has 1 aromatic heterocycles. The zero-order valence-electron chi connectivity index (χ0n) is 16.1. The number of rotatable bonds is 6. The molecule has 2 heterocycles. The molecular formula is C22H25N3O2S. The number of hydrogen-bond acceptors (Lipinski definition) is 5. The summed E-state index contributed by atoms with van der Waals surface area (Å²) in [4.78, 5) is 21.9. The fourth-order valence-corrected chi connectivity index (χ4v) is 4.49. The van der Waals surface area contributed by atoms with Crippen LogP contribution in [-0.4, -0.2) is 53.0 Å². The second kappa shape index (κ2) is 8.71. The second-order valence-corrected chi connectivity index (χ2v) is 8.12. The lowest BCUT2D eigenvalue weighted by Crippen LogP contribution is -2.52. The molecule has 146 valence electrons. The molecular weight excluding hydrogens is 370 g/mol. The van der Waals surface area contributed by atoms with Crippen molar-refractivity contribution >= 4 is 27.5 Å². The average molecular weight is 396 g/mol. The van der Waals surface area contributed by atoms with Gasteiger partial charge in [0, 0.05) is 26.2 Å². The fraction of sp³-hybridized carbons (Fsp3) is 0.364. The fourth-order valence-electron chi connectivity index (χ4n) is 3.48. The zero-order chi connectivity index (χ0) is 19.3. The van der Waals surface area contributed by atoms with Gasteiger partial charge in [-0.2, -0.15) is 0 Å². The summed E-state index contributed by atoms with van der Waals surface area (Å²) in [6.45, 7) is 6.04. The van der Waals surface area contributed by atoms with Crippen LogP contribution in [-0.2, 0) is 11.3 Å². The maximum atomic E-state index is 12.9. The van der Waals surface area contributed by atoms with E-state index < -0.39 is 6.10 Å². The van der Waals surface area contributed by atoms with Gasteiger partial charge in [-0.05, 0) is 30.7 Å². The average Bonchev–Trinajstić information content (AvgIpc) is 3.15. The summed E-state index contributed by atoms with van der Waals surface area (Å²) >= 11 is 1.75. The summed E-state index contributed by atoms with van der Waals surface area (Å²) in [6, 6.07) is 17.8. The van der Waals surface area contributed by atoms with Gasteiger partial charge in [0.1, 0.15) is 10.8 Å². The van der Waals surface area contributed by atoms with Gasteiger partial charge in [0.15, 0.2) is 6.10 Å². The normalized spacial score (nSPS) is 16.2. The monoisotopic (exact) mass is 395 g/mol. The first-order valence-corrected chi connectivity index (χ1v) is 10.6. The molecule has 0 unspecified atom stereocenters. The van der Waals surface area contributed by atoms with Gasteiger partial charge in [0.25, 0.3) is 5.91 Å². The molecule has 0 radical (unpaired) electrons. The lowest BCUT2D eigenvalue weighted by molar-refractivity contribution is -0.140. The van der Waals surface area contributed by atoms with Crippen LogP contribution >= 0.6 is 11.3 Å². The number of piperazine rings is 1. The number of nitrogens with zero attached hydrogens (tertiary/aromatic N) is 3. The molecule has 1 amide bonds. The quantitative estimate of drug-likeness (QED) is 0.637. The Kier molecular flexibility index (Phi) is 5.88. The van der Waals surface area contributed by atoms with E-state index in [0.717, 1.165) is 49.0 Å². The van der Waals surface area contributed by atoms with Crippen LogP contribution in [0.15, 0.2) is 54.6 Å². The predicted molar refractivity (Wildman–Crippen MR) is 113 cm³/mol. The number of ether oxygens (including phenoxy) is 1. The summed E-state index contributed by atoms with van der Waals surface area (Å²) in [5.41, 5.74) is 1.07. The first kappa shape index (κ1) is 18.9. The molecule has 0 N–H and O–H groups in total. The number of aromatic nitrogens is 1. The number of thiazole rings is 1. The first-order valence-electron chi connectivity index (χ1n) is 9.80. The largest absolute Gasteiger partial charge is 0.481 e. The van der Waals surface area contributed by atoms with E-state index in [0.29, 0.717) is 6.42 Å². The van der Waals surface area contributed by atoms with Crippen molar-refractivity contribution in [1.82, 2.24) is 14.8 Å². The SMILES string of the molecule is CC[C@H](Oc1ccccc1)C(=O)N1CCN(Cc2nc3ccccc3s2)CC1. The molecule has 28 heavy (non-hydrogen) atoms. The lowest BCUT2D eigenvalue weighted by Gasteiger charge is -2.35. The van der Waals surface area contributed by atoms with Crippen LogP contribution in [0.25, 0.3) is 10.2 Å². The van der Waals surface area contributed by atoms with Gasteiger partial charge in [-0.25, -0.2) is 4.98 Å². The molecule has 4 rings (SSSR count). The second-order valence-electron chi connectivity index (χ2n) is 7.00. The van der Waals surface area contributed by atoms with Crippen LogP contribution in [0.1, 0.15) is 18.4 Å². The van der Waals surface area contributed by atoms with Crippen LogP contribution in [0.4, 0.5) is 0 Å². The molecule has 0 saturated carbocycles. The topological polar surface area (TPSA) is 45.7 Å². The van der Waals surface area contributed by atoms with Gasteiger partial charge in [-0.15, -0.1) is 11.3 Å². The van der Waals surface area contributed by atoms with Gasteiger partial charge in [0.2, 0.25) is 0 Å². The van der Waals surface area contributed by atoms with Gasteiger partial charge >= 0.3 is 0 Å². The van der Waals surface area contributed by atoms with Crippen molar-refractivity contribution in [2.45, 2.75) is 26.0 Å². The summed E-state index contributed by atoms with van der Waals surface area (Å²) in [7, 11) is 0. The number of fused-ring (bicyclic) bond motifs is 1. The Labute approximate surface area is 169 Å². The Hall–Kier alpha value is -2.44. The van der Waals surface area contributed by atoms with Crippen molar-refractivity contribution in [3.8, 4) is 5.75 Å². The van der Waals surface area contributed by atoms with Crippen molar-refractivity contribution in [2.75, 3.05) is 26.2 Å². The maximum Gasteiger partial charge on any atom is 0.263 e. The minimum Gasteiger partial charge on any atom is -0.481 e. The van der Waals surface area contributed by atoms with Gasteiger partial charge in [0.05, 0.1) is 16.8 Å². The molecule has 1 aliphatic heterocycles. The Morgan fingerprint density at radius 2 is 1.79 bits per heavy atom. The molecule has 1 aliphatic rings. The third-order valence-electron chi connectivity index (χ3n) is 5.05. The molecule has 5 nitrogen and oxygen atoms in total. The molecule has 6 heteroatoms. The van der Waals surface area contributed by atoms with E-state index in [2.05, 4.69) is 23.1 Å². The lowest BCUT2D eigenvalue weighted by atomic mass is 10.2. The van der Waals surface area contributed by atoms with Crippen molar-refractivity contribution in [3.05, 3.63) is 59.6 Å². The maximum absolute atomic E-state index is 12.9. The number of carbonyl (C=O) groups is 1. The molecule has 0 spiro atoms. The summed E-state index contributed by atoms with van der Waals surface area (Å²) in [6.07, 6.45) is 0.248. The molecule has 3 aromatic rings. The minimum absolute atomic E-state index is 0.0889. The van der Waals surface area contributed by atoms with Crippen LogP contribution in [0.2, 0.25) is 0 Å². The van der Waals surface area contributed by atoms with Crippen molar-refractivity contribution in [1.29, 1.82) is 0 Å². The Morgan fingerprint density at radius 3 is 2.50 bits per heavy atom. The Morgan fingerprint density at radius 1 is 1.07 bits per heavy atom.